The fourth-order valence-electron chi connectivity index (χ4n) is 3.11. The summed E-state index contributed by atoms with van der Waals surface area (Å²) >= 11 is 0. The van der Waals surface area contributed by atoms with Crippen molar-refractivity contribution < 1.29 is 19.2 Å². The molecule has 0 radical (unpaired) electrons. The summed E-state index contributed by atoms with van der Waals surface area (Å²) in [5, 5.41) is 11.5. The number of hydrogen-bond donors (Lipinski definition) is 0. The van der Waals surface area contributed by atoms with Crippen LogP contribution >= 0.6 is 0 Å². The summed E-state index contributed by atoms with van der Waals surface area (Å²) in [6, 6.07) is 4.46. The van der Waals surface area contributed by atoms with E-state index in [-0.39, 0.29) is 22.7 Å². The van der Waals surface area contributed by atoms with Crippen molar-refractivity contribution >= 4 is 17.4 Å². The number of amides is 1. The highest BCUT2D eigenvalue weighted by molar-refractivity contribution is 5.99. The van der Waals surface area contributed by atoms with Crippen LogP contribution in [0.2, 0.25) is 0 Å². The van der Waals surface area contributed by atoms with E-state index in [0.717, 1.165) is 11.5 Å². The largest absolute Gasteiger partial charge is 0.493 e. The Bertz CT molecular complexity index is 896. The Labute approximate surface area is 161 Å². The van der Waals surface area contributed by atoms with Crippen LogP contribution in [0, 0.1) is 17.0 Å². The molecular formula is C18H21N5O5. The molecule has 0 aliphatic carbocycles. The molecule has 0 saturated carbocycles. The van der Waals surface area contributed by atoms with E-state index >= 15 is 0 Å². The van der Waals surface area contributed by atoms with Crippen LogP contribution in [0.4, 0.5) is 11.5 Å². The van der Waals surface area contributed by atoms with Gasteiger partial charge in [-0.25, -0.2) is 9.97 Å². The van der Waals surface area contributed by atoms with E-state index < -0.39 is 10.8 Å². The van der Waals surface area contributed by atoms with Crippen LogP contribution in [0.5, 0.6) is 11.5 Å². The van der Waals surface area contributed by atoms with E-state index in [1.165, 1.54) is 32.7 Å². The molecule has 1 aliphatic heterocycles. The number of carbonyl (C=O) groups is 1. The first-order chi connectivity index (χ1) is 13.4. The molecule has 0 N–H and O–H groups in total. The molecule has 1 amide bonds. The highest BCUT2D eigenvalue weighted by Crippen LogP contribution is 2.35. The lowest BCUT2D eigenvalue weighted by molar-refractivity contribution is -0.385. The van der Waals surface area contributed by atoms with Crippen molar-refractivity contribution in [3.8, 4) is 11.5 Å². The number of aromatic nitrogens is 2. The van der Waals surface area contributed by atoms with E-state index in [1.54, 1.807) is 4.90 Å². The van der Waals surface area contributed by atoms with Gasteiger partial charge in [-0.1, -0.05) is 0 Å². The fourth-order valence-corrected chi connectivity index (χ4v) is 3.11. The summed E-state index contributed by atoms with van der Waals surface area (Å²) in [7, 11) is 2.80. The Morgan fingerprint density at radius 3 is 2.29 bits per heavy atom. The minimum atomic E-state index is -0.588. The molecule has 0 bridgehead atoms. The van der Waals surface area contributed by atoms with Crippen molar-refractivity contribution in [1.82, 2.24) is 14.9 Å². The SMILES string of the molecule is COc1cc(C(=O)N2CCN(c3cc(C)ncn3)CC2)c([N+](=O)[O-])cc1OC. The molecule has 1 saturated heterocycles. The summed E-state index contributed by atoms with van der Waals surface area (Å²) in [4.78, 5) is 35.8. The molecule has 1 aliphatic rings. The number of anilines is 1. The number of nitro benzene ring substituents is 1. The van der Waals surface area contributed by atoms with Crippen LogP contribution in [0.15, 0.2) is 24.5 Å². The number of hydrogen-bond acceptors (Lipinski definition) is 8. The molecule has 3 rings (SSSR count). The Kier molecular flexibility index (Phi) is 5.57. The lowest BCUT2D eigenvalue weighted by Gasteiger charge is -2.35. The number of piperazine rings is 1. The number of ether oxygens (including phenoxy) is 2. The molecule has 0 unspecified atom stereocenters. The van der Waals surface area contributed by atoms with Crippen LogP contribution < -0.4 is 14.4 Å². The minimum absolute atomic E-state index is 0.0195. The number of carbonyl (C=O) groups excluding carboxylic acids is 1. The maximum atomic E-state index is 13.0. The van der Waals surface area contributed by atoms with Gasteiger partial charge < -0.3 is 19.3 Å². The number of rotatable bonds is 5. The fraction of sp³-hybridized carbons (Fsp3) is 0.389. The molecule has 148 valence electrons. The van der Waals surface area contributed by atoms with Crippen LogP contribution in [0.25, 0.3) is 0 Å². The van der Waals surface area contributed by atoms with Crippen LogP contribution in [0.1, 0.15) is 16.1 Å². The van der Waals surface area contributed by atoms with Crippen molar-refractivity contribution in [2.24, 2.45) is 0 Å². The molecule has 0 spiro atoms. The number of aryl methyl sites for hydroxylation is 1. The van der Waals surface area contributed by atoms with Gasteiger partial charge in [-0.3, -0.25) is 14.9 Å². The van der Waals surface area contributed by atoms with Gasteiger partial charge in [0.15, 0.2) is 11.5 Å². The lowest BCUT2D eigenvalue weighted by Crippen LogP contribution is -2.49. The summed E-state index contributed by atoms with van der Waals surface area (Å²) in [5.41, 5.74) is 0.537. The van der Waals surface area contributed by atoms with Gasteiger partial charge in [0.1, 0.15) is 17.7 Å². The van der Waals surface area contributed by atoms with Gasteiger partial charge in [0.05, 0.1) is 25.2 Å². The second-order valence-electron chi connectivity index (χ2n) is 6.28. The highest BCUT2D eigenvalue weighted by atomic mass is 16.6. The molecule has 1 aromatic carbocycles. The molecule has 10 heteroatoms. The van der Waals surface area contributed by atoms with Gasteiger partial charge in [-0.05, 0) is 6.92 Å². The molecule has 28 heavy (non-hydrogen) atoms. The Morgan fingerprint density at radius 2 is 1.71 bits per heavy atom. The minimum Gasteiger partial charge on any atom is -0.493 e. The van der Waals surface area contributed by atoms with Crippen LogP contribution in [-0.2, 0) is 0 Å². The van der Waals surface area contributed by atoms with E-state index in [9.17, 15) is 14.9 Å². The monoisotopic (exact) mass is 387 g/mol. The summed E-state index contributed by atoms with van der Waals surface area (Å²) in [5.74, 6) is 0.865. The average molecular weight is 387 g/mol. The van der Waals surface area contributed by atoms with E-state index in [2.05, 4.69) is 14.9 Å². The van der Waals surface area contributed by atoms with E-state index in [1.807, 2.05) is 13.0 Å². The van der Waals surface area contributed by atoms with Crippen molar-refractivity contribution in [3.63, 3.8) is 0 Å². The molecule has 1 aromatic heterocycles. The van der Waals surface area contributed by atoms with Crippen molar-refractivity contribution in [1.29, 1.82) is 0 Å². The Balaban J connectivity index is 1.80. The third kappa shape index (κ3) is 3.80. The quantitative estimate of drug-likeness (QED) is 0.563. The normalized spacial score (nSPS) is 14.0. The van der Waals surface area contributed by atoms with Crippen molar-refractivity contribution in [2.75, 3.05) is 45.3 Å². The first-order valence-electron chi connectivity index (χ1n) is 8.68. The second-order valence-corrected chi connectivity index (χ2v) is 6.28. The van der Waals surface area contributed by atoms with Crippen molar-refractivity contribution in [2.45, 2.75) is 6.92 Å². The van der Waals surface area contributed by atoms with Gasteiger partial charge in [-0.15, -0.1) is 0 Å². The summed E-state index contributed by atoms with van der Waals surface area (Å²) in [6.07, 6.45) is 1.51. The first-order valence-corrected chi connectivity index (χ1v) is 8.68. The zero-order valence-electron chi connectivity index (χ0n) is 15.9. The van der Waals surface area contributed by atoms with E-state index in [4.69, 9.17) is 9.47 Å². The first kappa shape index (κ1) is 19.3. The van der Waals surface area contributed by atoms with Gasteiger partial charge in [-0.2, -0.15) is 0 Å². The molecule has 2 aromatic rings. The van der Waals surface area contributed by atoms with Gasteiger partial charge in [0.2, 0.25) is 0 Å². The second kappa shape index (κ2) is 8.07. The van der Waals surface area contributed by atoms with Gasteiger partial charge in [0, 0.05) is 44.0 Å². The zero-order valence-corrected chi connectivity index (χ0v) is 15.9. The number of benzene rings is 1. The smallest absolute Gasteiger partial charge is 0.286 e. The third-order valence-corrected chi connectivity index (χ3v) is 4.61. The topological polar surface area (TPSA) is 111 Å². The van der Waals surface area contributed by atoms with Crippen molar-refractivity contribution in [3.05, 3.63) is 45.9 Å². The maximum Gasteiger partial charge on any atom is 0.286 e. The predicted molar refractivity (Wildman–Crippen MR) is 101 cm³/mol. The maximum absolute atomic E-state index is 13.0. The number of nitro groups is 1. The van der Waals surface area contributed by atoms with E-state index in [0.29, 0.717) is 26.2 Å². The van der Waals surface area contributed by atoms with Gasteiger partial charge >= 0.3 is 0 Å². The molecular weight excluding hydrogens is 366 g/mol. The molecule has 1 fully saturated rings. The third-order valence-electron chi connectivity index (χ3n) is 4.61. The highest BCUT2D eigenvalue weighted by Gasteiger charge is 2.30. The number of methoxy groups -OCH3 is 2. The van der Waals surface area contributed by atoms with Gasteiger partial charge in [0.25, 0.3) is 11.6 Å². The standard InChI is InChI=1S/C18H21N5O5/c1-12-8-17(20-11-19-12)21-4-6-22(7-5-21)18(24)13-9-15(27-2)16(28-3)10-14(13)23(25)26/h8-11H,4-7H2,1-3H3. The average Bonchev–Trinajstić information content (AvgIpc) is 2.72. The molecule has 2 heterocycles. The zero-order chi connectivity index (χ0) is 20.3. The van der Waals surface area contributed by atoms with Crippen LogP contribution in [-0.4, -0.2) is 66.1 Å². The molecule has 10 nitrogen and oxygen atoms in total. The molecule has 0 atom stereocenters. The Hall–Kier alpha value is -3.43. The van der Waals surface area contributed by atoms with Crippen LogP contribution in [0.3, 0.4) is 0 Å². The predicted octanol–water partition coefficient (Wildman–Crippen LogP) is 1.67. The Morgan fingerprint density at radius 1 is 1.07 bits per heavy atom. The number of nitrogens with zero attached hydrogens (tertiary/aromatic N) is 5. The summed E-state index contributed by atoms with van der Waals surface area (Å²) in [6.45, 7) is 3.88. The summed E-state index contributed by atoms with van der Waals surface area (Å²) < 4.78 is 10.3. The lowest BCUT2D eigenvalue weighted by atomic mass is 10.1.